The Hall–Kier alpha value is -3.08. The van der Waals surface area contributed by atoms with Crippen molar-refractivity contribution in [3.05, 3.63) is 56.7 Å². The first-order valence-electron chi connectivity index (χ1n) is 10.4. The fraction of sp³-hybridized carbons (Fsp3) is 0.429. The van der Waals surface area contributed by atoms with Gasteiger partial charge < -0.3 is 15.5 Å². The van der Waals surface area contributed by atoms with E-state index < -0.39 is 22.6 Å². The lowest BCUT2D eigenvalue weighted by molar-refractivity contribution is -0.384. The molecule has 0 unspecified atom stereocenters. The van der Waals surface area contributed by atoms with Crippen LogP contribution in [0.15, 0.2) is 30.5 Å². The largest absolute Gasteiger partial charge is 0.417 e. The van der Waals surface area contributed by atoms with Crippen LogP contribution in [0.25, 0.3) is 0 Å². The normalized spacial score (nSPS) is 14.1. The SMILES string of the molecule is O=C(NCCCNc1ncc(C(F)(F)F)cc1N1CCCCC1)c1cc([N+](=O)[O-])ccc1Cl. The highest BCUT2D eigenvalue weighted by Crippen LogP contribution is 2.35. The van der Waals surface area contributed by atoms with Gasteiger partial charge in [0.05, 0.1) is 26.8 Å². The van der Waals surface area contributed by atoms with Crippen LogP contribution in [0.3, 0.4) is 0 Å². The Morgan fingerprint density at radius 3 is 2.58 bits per heavy atom. The molecule has 1 aliphatic rings. The highest BCUT2D eigenvalue weighted by molar-refractivity contribution is 6.33. The maximum Gasteiger partial charge on any atom is 0.417 e. The van der Waals surface area contributed by atoms with E-state index in [9.17, 15) is 28.1 Å². The Kier molecular flexibility index (Phi) is 7.96. The fourth-order valence-electron chi connectivity index (χ4n) is 3.51. The number of non-ortho nitro benzene ring substituents is 1. The number of nitrogens with one attached hydrogen (secondary N) is 2. The number of carbonyl (C=O) groups is 1. The summed E-state index contributed by atoms with van der Waals surface area (Å²) in [7, 11) is 0. The number of hydrogen-bond acceptors (Lipinski definition) is 6. The Bertz CT molecular complexity index is 1010. The number of carbonyl (C=O) groups excluding carboxylic acids is 1. The van der Waals surface area contributed by atoms with Gasteiger partial charge in [0.15, 0.2) is 0 Å². The number of halogens is 4. The van der Waals surface area contributed by atoms with Gasteiger partial charge in [-0.25, -0.2) is 4.98 Å². The average Bonchev–Trinajstić information content (AvgIpc) is 2.78. The molecule has 2 N–H and O–H groups in total. The van der Waals surface area contributed by atoms with Gasteiger partial charge in [-0.3, -0.25) is 14.9 Å². The molecule has 0 radical (unpaired) electrons. The van der Waals surface area contributed by atoms with E-state index in [0.29, 0.717) is 37.6 Å². The van der Waals surface area contributed by atoms with E-state index in [1.165, 1.54) is 12.1 Å². The number of nitrogens with zero attached hydrogens (tertiary/aromatic N) is 3. The summed E-state index contributed by atoms with van der Waals surface area (Å²) in [5.41, 5.74) is -0.632. The number of anilines is 2. The lowest BCUT2D eigenvalue weighted by atomic mass is 10.1. The number of alkyl halides is 3. The van der Waals surface area contributed by atoms with E-state index in [2.05, 4.69) is 15.6 Å². The molecule has 8 nitrogen and oxygen atoms in total. The van der Waals surface area contributed by atoms with Crippen LogP contribution in [0.4, 0.5) is 30.4 Å². The Balaban J connectivity index is 1.58. The Morgan fingerprint density at radius 1 is 1.18 bits per heavy atom. The number of rotatable bonds is 8. The maximum absolute atomic E-state index is 13.2. The van der Waals surface area contributed by atoms with Crippen LogP contribution in [0.1, 0.15) is 41.6 Å². The summed E-state index contributed by atoms with van der Waals surface area (Å²) in [6.45, 7) is 1.90. The predicted octanol–water partition coefficient (Wildman–Crippen LogP) is 4.88. The second-order valence-corrected chi connectivity index (χ2v) is 8.00. The molecule has 0 bridgehead atoms. The van der Waals surface area contributed by atoms with Crippen LogP contribution in [-0.2, 0) is 6.18 Å². The van der Waals surface area contributed by atoms with Crippen molar-refractivity contribution in [2.45, 2.75) is 31.9 Å². The molecule has 1 aromatic carbocycles. The molecule has 178 valence electrons. The third-order valence-electron chi connectivity index (χ3n) is 5.23. The van der Waals surface area contributed by atoms with E-state index >= 15 is 0 Å². The standard InChI is InChI=1S/C21H23ClF3N5O3/c22-17-6-5-15(30(32)33)12-16(17)20(31)27-8-4-7-26-19-18(29-9-2-1-3-10-29)11-14(13-28-19)21(23,24)25/h5-6,11-13H,1-4,7-10H2,(H,26,28)(H,27,31). The summed E-state index contributed by atoms with van der Waals surface area (Å²) >= 11 is 5.96. The first-order valence-corrected chi connectivity index (χ1v) is 10.8. The predicted molar refractivity (Wildman–Crippen MR) is 119 cm³/mol. The van der Waals surface area contributed by atoms with Crippen LogP contribution in [0.2, 0.25) is 5.02 Å². The van der Waals surface area contributed by atoms with E-state index in [1.807, 2.05) is 4.90 Å². The minimum Gasteiger partial charge on any atom is -0.369 e. The molecule has 1 aromatic heterocycles. The summed E-state index contributed by atoms with van der Waals surface area (Å²) in [6, 6.07) is 4.72. The summed E-state index contributed by atoms with van der Waals surface area (Å²) < 4.78 is 39.5. The van der Waals surface area contributed by atoms with Gasteiger partial charge in [0.25, 0.3) is 11.6 Å². The summed E-state index contributed by atoms with van der Waals surface area (Å²) in [4.78, 5) is 28.5. The number of nitro benzene ring substituents is 1. The number of hydrogen-bond donors (Lipinski definition) is 2. The summed E-state index contributed by atoms with van der Waals surface area (Å²) in [6.07, 6.45) is -0.375. The van der Waals surface area contributed by atoms with E-state index in [4.69, 9.17) is 11.6 Å². The smallest absolute Gasteiger partial charge is 0.369 e. The van der Waals surface area contributed by atoms with Gasteiger partial charge in [-0.15, -0.1) is 0 Å². The van der Waals surface area contributed by atoms with Crippen molar-refractivity contribution in [2.24, 2.45) is 0 Å². The molecule has 0 aliphatic carbocycles. The second-order valence-electron chi connectivity index (χ2n) is 7.59. The van der Waals surface area contributed by atoms with Crippen LogP contribution in [-0.4, -0.2) is 42.0 Å². The highest BCUT2D eigenvalue weighted by Gasteiger charge is 2.32. The summed E-state index contributed by atoms with van der Waals surface area (Å²) in [5, 5.41) is 16.7. The molecule has 33 heavy (non-hydrogen) atoms. The molecule has 12 heteroatoms. The minimum absolute atomic E-state index is 0.00406. The zero-order chi connectivity index (χ0) is 24.0. The number of amides is 1. The van der Waals surface area contributed by atoms with Crippen molar-refractivity contribution in [1.82, 2.24) is 10.3 Å². The zero-order valence-electron chi connectivity index (χ0n) is 17.6. The van der Waals surface area contributed by atoms with Crippen molar-refractivity contribution in [2.75, 3.05) is 36.4 Å². The van der Waals surface area contributed by atoms with Gasteiger partial charge in [0.2, 0.25) is 0 Å². The van der Waals surface area contributed by atoms with Crippen molar-refractivity contribution >= 4 is 34.7 Å². The molecule has 3 rings (SSSR count). The van der Waals surface area contributed by atoms with Gasteiger partial charge in [0.1, 0.15) is 5.82 Å². The number of aromatic nitrogens is 1. The molecule has 2 heterocycles. The molecule has 1 fully saturated rings. The number of benzene rings is 1. The van der Waals surface area contributed by atoms with Crippen LogP contribution >= 0.6 is 11.6 Å². The van der Waals surface area contributed by atoms with E-state index in [0.717, 1.165) is 37.6 Å². The van der Waals surface area contributed by atoms with Crippen molar-refractivity contribution < 1.29 is 22.9 Å². The minimum atomic E-state index is -4.48. The topological polar surface area (TPSA) is 100 Å². The van der Waals surface area contributed by atoms with Crippen LogP contribution in [0.5, 0.6) is 0 Å². The summed E-state index contributed by atoms with van der Waals surface area (Å²) in [5.74, 6) is -0.191. The third kappa shape index (κ3) is 6.47. The number of piperidine rings is 1. The second kappa shape index (κ2) is 10.7. The average molecular weight is 486 g/mol. The molecule has 2 aromatic rings. The molecule has 0 spiro atoms. The Labute approximate surface area is 193 Å². The quantitative estimate of drug-likeness (QED) is 0.314. The monoisotopic (exact) mass is 485 g/mol. The molecule has 1 saturated heterocycles. The van der Waals surface area contributed by atoms with Gasteiger partial charge >= 0.3 is 6.18 Å². The zero-order valence-corrected chi connectivity index (χ0v) is 18.4. The molecule has 1 aliphatic heterocycles. The van der Waals surface area contributed by atoms with Crippen molar-refractivity contribution in [3.8, 4) is 0 Å². The highest BCUT2D eigenvalue weighted by atomic mass is 35.5. The molecular formula is C21H23ClF3N5O3. The van der Waals surface area contributed by atoms with Gasteiger partial charge in [-0.05, 0) is 37.8 Å². The number of nitro groups is 1. The van der Waals surface area contributed by atoms with Crippen molar-refractivity contribution in [3.63, 3.8) is 0 Å². The molecule has 0 saturated carbocycles. The first kappa shape index (κ1) is 24.6. The fourth-order valence-corrected chi connectivity index (χ4v) is 3.72. The lowest BCUT2D eigenvalue weighted by Gasteiger charge is -2.30. The number of pyridine rings is 1. The molecule has 1 amide bonds. The lowest BCUT2D eigenvalue weighted by Crippen LogP contribution is -2.31. The maximum atomic E-state index is 13.2. The van der Waals surface area contributed by atoms with Gasteiger partial charge in [-0.2, -0.15) is 13.2 Å². The van der Waals surface area contributed by atoms with Crippen LogP contribution < -0.4 is 15.5 Å². The van der Waals surface area contributed by atoms with Gasteiger partial charge in [0, 0.05) is 44.5 Å². The van der Waals surface area contributed by atoms with Crippen molar-refractivity contribution in [1.29, 1.82) is 0 Å². The van der Waals surface area contributed by atoms with Crippen LogP contribution in [0, 0.1) is 10.1 Å². The Morgan fingerprint density at radius 2 is 1.91 bits per heavy atom. The van der Waals surface area contributed by atoms with Gasteiger partial charge in [-0.1, -0.05) is 11.6 Å². The molecular weight excluding hydrogens is 463 g/mol. The molecule has 0 atom stereocenters. The van der Waals surface area contributed by atoms with E-state index in [-0.39, 0.29) is 22.8 Å². The first-order chi connectivity index (χ1) is 15.7. The van der Waals surface area contributed by atoms with E-state index in [1.54, 1.807) is 0 Å². The third-order valence-corrected chi connectivity index (χ3v) is 5.56.